The molecule has 3 aromatic rings. The van der Waals surface area contributed by atoms with Gasteiger partial charge in [0.2, 0.25) is 0 Å². The summed E-state index contributed by atoms with van der Waals surface area (Å²) in [5, 5.41) is 10.7. The van der Waals surface area contributed by atoms with Crippen molar-refractivity contribution in [3.63, 3.8) is 0 Å². The highest BCUT2D eigenvalue weighted by Gasteiger charge is 2.05. The third kappa shape index (κ3) is 4.32. The molecule has 0 N–H and O–H groups in total. The topological polar surface area (TPSA) is 74.4 Å². The summed E-state index contributed by atoms with van der Waals surface area (Å²) in [5.74, 6) is 0.508. The van der Waals surface area contributed by atoms with Gasteiger partial charge in [0.05, 0.1) is 11.5 Å². The summed E-state index contributed by atoms with van der Waals surface area (Å²) >= 11 is 0. The average molecular weight is 336 g/mol. The number of ether oxygens (including phenoxy) is 1. The van der Waals surface area contributed by atoms with Gasteiger partial charge in [-0.2, -0.15) is 0 Å². The number of aromatic nitrogens is 1. The molecular formula is C19H16N2O4. The molecule has 0 aliphatic rings. The SMILES string of the molecule is O=c1cc(OCc2ccccc2)ccn1Cc1ccc([N+](=O)[O-])cc1. The number of nitrogens with zero attached hydrogens (tertiary/aromatic N) is 2. The molecule has 0 spiro atoms. The van der Waals surface area contributed by atoms with Crippen molar-refractivity contribution in [1.29, 1.82) is 0 Å². The molecule has 6 heteroatoms. The Morgan fingerprint density at radius 1 is 0.960 bits per heavy atom. The minimum absolute atomic E-state index is 0.0285. The van der Waals surface area contributed by atoms with Crippen LogP contribution in [-0.4, -0.2) is 9.49 Å². The van der Waals surface area contributed by atoms with Crippen LogP contribution in [0, 0.1) is 10.1 Å². The summed E-state index contributed by atoms with van der Waals surface area (Å²) in [6.07, 6.45) is 1.66. The maximum Gasteiger partial charge on any atom is 0.269 e. The van der Waals surface area contributed by atoms with Gasteiger partial charge in [-0.05, 0) is 17.2 Å². The van der Waals surface area contributed by atoms with Gasteiger partial charge in [-0.25, -0.2) is 0 Å². The average Bonchev–Trinajstić information content (AvgIpc) is 2.63. The molecule has 0 fully saturated rings. The molecule has 0 saturated carbocycles. The molecule has 3 rings (SSSR count). The number of nitro benzene ring substituents is 1. The predicted octanol–water partition coefficient (Wildman–Crippen LogP) is 3.38. The van der Waals surface area contributed by atoms with Crippen LogP contribution in [0.4, 0.5) is 5.69 Å². The van der Waals surface area contributed by atoms with Gasteiger partial charge in [0.1, 0.15) is 12.4 Å². The van der Waals surface area contributed by atoms with Crippen molar-refractivity contribution >= 4 is 5.69 Å². The van der Waals surface area contributed by atoms with Crippen LogP contribution < -0.4 is 10.3 Å². The summed E-state index contributed by atoms with van der Waals surface area (Å²) < 4.78 is 7.16. The molecule has 1 heterocycles. The highest BCUT2D eigenvalue weighted by Crippen LogP contribution is 2.13. The lowest BCUT2D eigenvalue weighted by atomic mass is 10.2. The van der Waals surface area contributed by atoms with Crippen LogP contribution in [-0.2, 0) is 13.2 Å². The predicted molar refractivity (Wildman–Crippen MR) is 93.7 cm³/mol. The van der Waals surface area contributed by atoms with Gasteiger partial charge < -0.3 is 9.30 Å². The fourth-order valence-corrected chi connectivity index (χ4v) is 2.37. The van der Waals surface area contributed by atoms with Gasteiger partial charge in [-0.15, -0.1) is 0 Å². The Bertz CT molecular complexity index is 918. The van der Waals surface area contributed by atoms with E-state index in [4.69, 9.17) is 4.74 Å². The molecule has 126 valence electrons. The Balaban J connectivity index is 1.67. The molecule has 2 aromatic carbocycles. The number of nitro groups is 1. The third-order valence-electron chi connectivity index (χ3n) is 3.72. The lowest BCUT2D eigenvalue weighted by Crippen LogP contribution is -2.19. The van der Waals surface area contributed by atoms with Crippen molar-refractivity contribution < 1.29 is 9.66 Å². The second kappa shape index (κ2) is 7.44. The van der Waals surface area contributed by atoms with E-state index in [0.29, 0.717) is 18.9 Å². The minimum atomic E-state index is -0.450. The lowest BCUT2D eigenvalue weighted by molar-refractivity contribution is -0.384. The maximum absolute atomic E-state index is 12.2. The van der Waals surface area contributed by atoms with E-state index in [-0.39, 0.29) is 11.2 Å². The number of hydrogen-bond acceptors (Lipinski definition) is 4. The number of non-ortho nitro benzene ring substituents is 1. The Labute approximate surface area is 144 Å². The van der Waals surface area contributed by atoms with Crippen LogP contribution in [0.3, 0.4) is 0 Å². The van der Waals surface area contributed by atoms with Gasteiger partial charge >= 0.3 is 0 Å². The van der Waals surface area contributed by atoms with Crippen molar-refractivity contribution in [2.24, 2.45) is 0 Å². The monoisotopic (exact) mass is 336 g/mol. The van der Waals surface area contributed by atoms with Crippen molar-refractivity contribution in [3.8, 4) is 5.75 Å². The standard InChI is InChI=1S/C19H16N2O4/c22-19-12-18(25-14-16-4-2-1-3-5-16)10-11-20(19)13-15-6-8-17(9-7-15)21(23)24/h1-12H,13-14H2. The number of benzene rings is 2. The Morgan fingerprint density at radius 3 is 2.32 bits per heavy atom. The molecule has 0 radical (unpaired) electrons. The zero-order valence-corrected chi connectivity index (χ0v) is 13.4. The zero-order valence-electron chi connectivity index (χ0n) is 13.4. The first-order valence-corrected chi connectivity index (χ1v) is 7.72. The second-order valence-corrected chi connectivity index (χ2v) is 5.53. The Kier molecular flexibility index (Phi) is 4.89. The van der Waals surface area contributed by atoms with Crippen LogP contribution in [0.5, 0.6) is 5.75 Å². The van der Waals surface area contributed by atoms with E-state index in [0.717, 1.165) is 11.1 Å². The van der Waals surface area contributed by atoms with Gasteiger partial charge in [0.25, 0.3) is 11.2 Å². The van der Waals surface area contributed by atoms with Crippen LogP contribution in [0.1, 0.15) is 11.1 Å². The molecule has 0 aliphatic heterocycles. The van der Waals surface area contributed by atoms with Gasteiger partial charge in [0.15, 0.2) is 0 Å². The van der Waals surface area contributed by atoms with Crippen LogP contribution in [0.15, 0.2) is 77.7 Å². The third-order valence-corrected chi connectivity index (χ3v) is 3.72. The second-order valence-electron chi connectivity index (χ2n) is 5.53. The first-order chi connectivity index (χ1) is 12.1. The van der Waals surface area contributed by atoms with E-state index in [2.05, 4.69) is 0 Å². The fourth-order valence-electron chi connectivity index (χ4n) is 2.37. The van der Waals surface area contributed by atoms with Crippen LogP contribution in [0.25, 0.3) is 0 Å². The van der Waals surface area contributed by atoms with E-state index in [1.165, 1.54) is 22.8 Å². The summed E-state index contributed by atoms with van der Waals surface area (Å²) in [7, 11) is 0. The highest BCUT2D eigenvalue weighted by molar-refractivity contribution is 5.33. The van der Waals surface area contributed by atoms with E-state index in [1.54, 1.807) is 24.4 Å². The molecular weight excluding hydrogens is 320 g/mol. The Hall–Kier alpha value is -3.41. The molecule has 25 heavy (non-hydrogen) atoms. The van der Waals surface area contributed by atoms with Crippen molar-refractivity contribution in [3.05, 3.63) is 105 Å². The van der Waals surface area contributed by atoms with E-state index in [9.17, 15) is 14.9 Å². The van der Waals surface area contributed by atoms with Crippen molar-refractivity contribution in [2.75, 3.05) is 0 Å². The molecule has 0 bridgehead atoms. The number of rotatable bonds is 6. The van der Waals surface area contributed by atoms with Gasteiger partial charge in [0, 0.05) is 24.4 Å². The zero-order chi connectivity index (χ0) is 17.6. The lowest BCUT2D eigenvalue weighted by Gasteiger charge is -2.09. The summed E-state index contributed by atoms with van der Waals surface area (Å²) in [6, 6.07) is 19.0. The van der Waals surface area contributed by atoms with Gasteiger partial charge in [-0.3, -0.25) is 14.9 Å². The quantitative estimate of drug-likeness (QED) is 0.511. The first kappa shape index (κ1) is 16.4. The number of pyridine rings is 1. The van der Waals surface area contributed by atoms with Crippen LogP contribution in [0.2, 0.25) is 0 Å². The van der Waals surface area contributed by atoms with Crippen molar-refractivity contribution in [1.82, 2.24) is 4.57 Å². The summed E-state index contributed by atoms with van der Waals surface area (Å²) in [6.45, 7) is 0.739. The molecule has 0 amide bonds. The number of hydrogen-bond donors (Lipinski definition) is 0. The molecule has 6 nitrogen and oxygen atoms in total. The molecule has 0 saturated heterocycles. The molecule has 0 atom stereocenters. The van der Waals surface area contributed by atoms with E-state index in [1.807, 2.05) is 30.3 Å². The summed E-state index contributed by atoms with van der Waals surface area (Å²) in [4.78, 5) is 22.4. The van der Waals surface area contributed by atoms with Gasteiger partial charge in [-0.1, -0.05) is 42.5 Å². The smallest absolute Gasteiger partial charge is 0.269 e. The largest absolute Gasteiger partial charge is 0.489 e. The fraction of sp³-hybridized carbons (Fsp3) is 0.105. The first-order valence-electron chi connectivity index (χ1n) is 7.72. The molecule has 0 aliphatic carbocycles. The molecule has 1 aromatic heterocycles. The van der Waals surface area contributed by atoms with E-state index < -0.39 is 4.92 Å². The minimum Gasteiger partial charge on any atom is -0.489 e. The van der Waals surface area contributed by atoms with Crippen LogP contribution >= 0.6 is 0 Å². The normalized spacial score (nSPS) is 10.4. The summed E-state index contributed by atoms with van der Waals surface area (Å²) in [5.41, 5.74) is 1.67. The molecule has 0 unspecified atom stereocenters. The van der Waals surface area contributed by atoms with Crippen molar-refractivity contribution in [2.45, 2.75) is 13.2 Å². The Morgan fingerprint density at radius 2 is 1.68 bits per heavy atom. The van der Waals surface area contributed by atoms with E-state index >= 15 is 0 Å². The highest BCUT2D eigenvalue weighted by atomic mass is 16.6. The maximum atomic E-state index is 12.2.